The maximum absolute atomic E-state index is 13.1. The molecule has 16 heavy (non-hydrogen) atoms. The predicted octanol–water partition coefficient (Wildman–Crippen LogP) is 2.02. The van der Waals surface area contributed by atoms with Crippen molar-refractivity contribution in [2.75, 3.05) is 0 Å². The minimum atomic E-state index is -0.836. The van der Waals surface area contributed by atoms with Crippen molar-refractivity contribution in [1.82, 2.24) is 0 Å². The summed E-state index contributed by atoms with van der Waals surface area (Å²) < 4.78 is 25.9. The number of halogens is 2. The van der Waals surface area contributed by atoms with E-state index in [2.05, 4.69) is 0 Å². The third-order valence-electron chi connectivity index (χ3n) is 3.42. The van der Waals surface area contributed by atoms with Gasteiger partial charge in [0, 0.05) is 11.6 Å². The van der Waals surface area contributed by atoms with Crippen LogP contribution in [0.3, 0.4) is 0 Å². The maximum Gasteiger partial charge on any atom is 0.159 e. The van der Waals surface area contributed by atoms with Crippen molar-refractivity contribution in [3.8, 4) is 0 Å². The van der Waals surface area contributed by atoms with Gasteiger partial charge in [0.2, 0.25) is 0 Å². The van der Waals surface area contributed by atoms with E-state index in [-0.39, 0.29) is 6.04 Å². The Labute approximate surface area is 93.6 Å². The lowest BCUT2D eigenvalue weighted by atomic mass is 9.76. The van der Waals surface area contributed by atoms with Crippen molar-refractivity contribution < 1.29 is 8.78 Å². The summed E-state index contributed by atoms with van der Waals surface area (Å²) in [5.41, 5.74) is 12.1. The molecule has 2 nitrogen and oxygen atoms in total. The first kappa shape index (κ1) is 11.5. The molecule has 1 aromatic rings. The molecule has 0 atom stereocenters. The fraction of sp³-hybridized carbons (Fsp3) is 0.500. The van der Waals surface area contributed by atoms with Gasteiger partial charge in [-0.15, -0.1) is 0 Å². The van der Waals surface area contributed by atoms with E-state index in [1.165, 1.54) is 6.07 Å². The van der Waals surface area contributed by atoms with Crippen molar-refractivity contribution in [2.24, 2.45) is 11.5 Å². The van der Waals surface area contributed by atoms with E-state index in [1.54, 1.807) is 6.07 Å². The first-order chi connectivity index (χ1) is 7.51. The Morgan fingerprint density at radius 1 is 1.12 bits per heavy atom. The quantitative estimate of drug-likeness (QED) is 0.769. The van der Waals surface area contributed by atoms with E-state index in [9.17, 15) is 8.78 Å². The third kappa shape index (κ3) is 2.08. The van der Waals surface area contributed by atoms with E-state index in [4.69, 9.17) is 11.5 Å². The molecule has 0 saturated heterocycles. The number of rotatable bonds is 1. The Morgan fingerprint density at radius 2 is 1.75 bits per heavy atom. The summed E-state index contributed by atoms with van der Waals surface area (Å²) in [7, 11) is 0. The highest BCUT2D eigenvalue weighted by Crippen LogP contribution is 2.34. The zero-order valence-corrected chi connectivity index (χ0v) is 9.05. The average Bonchev–Trinajstić information content (AvgIpc) is 2.26. The molecule has 1 saturated carbocycles. The highest BCUT2D eigenvalue weighted by molar-refractivity contribution is 5.26. The van der Waals surface area contributed by atoms with Gasteiger partial charge < -0.3 is 11.5 Å². The average molecular weight is 226 g/mol. The van der Waals surface area contributed by atoms with Gasteiger partial charge in [0.05, 0.1) is 0 Å². The normalized spacial score (nSPS) is 30.4. The monoisotopic (exact) mass is 226 g/mol. The van der Waals surface area contributed by atoms with Crippen molar-refractivity contribution in [2.45, 2.75) is 37.3 Å². The maximum atomic E-state index is 13.1. The lowest BCUT2D eigenvalue weighted by Gasteiger charge is -2.36. The van der Waals surface area contributed by atoms with Crippen LogP contribution < -0.4 is 11.5 Å². The molecule has 4 heteroatoms. The third-order valence-corrected chi connectivity index (χ3v) is 3.42. The Morgan fingerprint density at radius 3 is 2.31 bits per heavy atom. The van der Waals surface area contributed by atoms with Gasteiger partial charge in [-0.1, -0.05) is 6.07 Å². The molecule has 0 aliphatic heterocycles. The summed E-state index contributed by atoms with van der Waals surface area (Å²) in [6.45, 7) is 0. The van der Waals surface area contributed by atoms with Gasteiger partial charge >= 0.3 is 0 Å². The van der Waals surface area contributed by atoms with Crippen molar-refractivity contribution >= 4 is 0 Å². The lowest BCUT2D eigenvalue weighted by molar-refractivity contribution is 0.276. The highest BCUT2D eigenvalue weighted by Gasteiger charge is 2.32. The molecule has 0 unspecified atom stereocenters. The molecule has 0 spiro atoms. The summed E-state index contributed by atoms with van der Waals surface area (Å²) in [6, 6.07) is 4.08. The van der Waals surface area contributed by atoms with E-state index < -0.39 is 17.2 Å². The Balaban J connectivity index is 2.25. The smallest absolute Gasteiger partial charge is 0.159 e. The second-order valence-electron chi connectivity index (χ2n) is 4.62. The topological polar surface area (TPSA) is 52.0 Å². The summed E-state index contributed by atoms with van der Waals surface area (Å²) in [5, 5.41) is 0. The molecule has 0 radical (unpaired) electrons. The van der Waals surface area contributed by atoms with Crippen LogP contribution in [-0.2, 0) is 5.54 Å². The largest absolute Gasteiger partial charge is 0.328 e. The lowest BCUT2D eigenvalue weighted by Crippen LogP contribution is -2.43. The van der Waals surface area contributed by atoms with Crippen molar-refractivity contribution in [1.29, 1.82) is 0 Å². The number of hydrogen-bond donors (Lipinski definition) is 2. The highest BCUT2D eigenvalue weighted by atomic mass is 19.2. The molecule has 0 bridgehead atoms. The van der Waals surface area contributed by atoms with E-state index in [1.807, 2.05) is 0 Å². The van der Waals surface area contributed by atoms with Gasteiger partial charge in [0.25, 0.3) is 0 Å². The molecule has 1 aliphatic carbocycles. The first-order valence-electron chi connectivity index (χ1n) is 5.51. The summed E-state index contributed by atoms with van der Waals surface area (Å²) in [4.78, 5) is 0. The van der Waals surface area contributed by atoms with Crippen LogP contribution in [0.5, 0.6) is 0 Å². The summed E-state index contributed by atoms with van der Waals surface area (Å²) in [5.74, 6) is -1.67. The number of hydrogen-bond acceptors (Lipinski definition) is 2. The van der Waals surface area contributed by atoms with Crippen LogP contribution in [0.4, 0.5) is 8.78 Å². The Kier molecular flexibility index (Phi) is 2.95. The molecule has 4 N–H and O–H groups in total. The zero-order valence-electron chi connectivity index (χ0n) is 9.05. The van der Waals surface area contributed by atoms with Crippen LogP contribution in [0.1, 0.15) is 31.2 Å². The molecule has 0 amide bonds. The minimum Gasteiger partial charge on any atom is -0.328 e. The Bertz CT molecular complexity index is 385. The van der Waals surface area contributed by atoms with E-state index in [0.29, 0.717) is 5.56 Å². The van der Waals surface area contributed by atoms with Gasteiger partial charge in [-0.05, 0) is 43.4 Å². The van der Waals surface area contributed by atoms with Gasteiger partial charge in [-0.3, -0.25) is 0 Å². The molecule has 88 valence electrons. The molecule has 1 fully saturated rings. The fourth-order valence-electron chi connectivity index (χ4n) is 2.25. The van der Waals surface area contributed by atoms with Crippen LogP contribution in [-0.4, -0.2) is 6.04 Å². The molecule has 2 rings (SSSR count). The predicted molar refractivity (Wildman–Crippen MR) is 58.7 cm³/mol. The summed E-state index contributed by atoms with van der Waals surface area (Å²) in [6.07, 6.45) is 3.10. The van der Waals surface area contributed by atoms with Crippen LogP contribution in [0.25, 0.3) is 0 Å². The molecule has 1 aromatic carbocycles. The number of benzene rings is 1. The van der Waals surface area contributed by atoms with Crippen LogP contribution in [0, 0.1) is 11.6 Å². The van der Waals surface area contributed by atoms with Crippen molar-refractivity contribution in [3.63, 3.8) is 0 Å². The standard InChI is InChI=1S/C12H16F2N2/c13-10-2-1-8(7-11(10)14)12(16)5-3-9(15)4-6-12/h1-2,7,9H,3-6,15-16H2. The SMILES string of the molecule is NC1CCC(N)(c2ccc(F)c(F)c2)CC1. The molecule has 0 aromatic heterocycles. The van der Waals surface area contributed by atoms with Gasteiger partial charge in [-0.2, -0.15) is 0 Å². The van der Waals surface area contributed by atoms with Gasteiger partial charge in [0.1, 0.15) is 0 Å². The zero-order chi connectivity index (χ0) is 11.8. The minimum absolute atomic E-state index is 0.182. The molecule has 1 aliphatic rings. The number of nitrogens with two attached hydrogens (primary N) is 2. The van der Waals surface area contributed by atoms with Crippen LogP contribution in [0.2, 0.25) is 0 Å². The van der Waals surface area contributed by atoms with E-state index in [0.717, 1.165) is 31.7 Å². The Hall–Kier alpha value is -1.00. The van der Waals surface area contributed by atoms with Crippen LogP contribution >= 0.6 is 0 Å². The molecular weight excluding hydrogens is 210 g/mol. The van der Waals surface area contributed by atoms with Crippen molar-refractivity contribution in [3.05, 3.63) is 35.4 Å². The molecular formula is C12H16F2N2. The molecule has 0 heterocycles. The first-order valence-corrected chi connectivity index (χ1v) is 5.51. The second-order valence-corrected chi connectivity index (χ2v) is 4.62. The van der Waals surface area contributed by atoms with E-state index >= 15 is 0 Å². The summed E-state index contributed by atoms with van der Waals surface area (Å²) >= 11 is 0. The van der Waals surface area contributed by atoms with Gasteiger partial charge in [0.15, 0.2) is 11.6 Å². The van der Waals surface area contributed by atoms with Gasteiger partial charge in [-0.25, -0.2) is 8.78 Å². The second kappa shape index (κ2) is 4.11. The van der Waals surface area contributed by atoms with Crippen LogP contribution in [0.15, 0.2) is 18.2 Å². The fourth-order valence-corrected chi connectivity index (χ4v) is 2.25.